The minimum atomic E-state index is -1.06. The van der Waals surface area contributed by atoms with E-state index in [9.17, 15) is 28.8 Å². The number of nitrogens with two attached hydrogens (primary N) is 1. The van der Waals surface area contributed by atoms with Crippen molar-refractivity contribution in [3.63, 3.8) is 0 Å². The summed E-state index contributed by atoms with van der Waals surface area (Å²) >= 11 is 0. The molecule has 8 atom stereocenters. The molecule has 0 saturated carbocycles. The number of hydrazine groups is 1. The first kappa shape index (κ1) is 54.8. The van der Waals surface area contributed by atoms with E-state index in [2.05, 4.69) is 38.7 Å². The summed E-state index contributed by atoms with van der Waals surface area (Å²) in [5.74, 6) is 4.64. The second-order valence-electron chi connectivity index (χ2n) is 20.4. The molecule has 400 valence electrons. The van der Waals surface area contributed by atoms with Gasteiger partial charge < -0.3 is 45.9 Å². The monoisotopic (exact) mass is 1030 g/mol. The van der Waals surface area contributed by atoms with Gasteiger partial charge in [-0.1, -0.05) is 110 Å². The number of nitrogens with zero attached hydrogens (tertiary/aromatic N) is 3. The number of unbranched alkanes of at least 4 members (excludes halogenated alkanes) is 3. The highest BCUT2D eigenvalue weighted by atomic mass is 16.5. The Bertz CT molecular complexity index is 2610. The molecule has 0 radical (unpaired) electrons. The van der Waals surface area contributed by atoms with Gasteiger partial charge in [0.1, 0.15) is 24.2 Å². The number of carbonyl (C=O) groups is 6. The normalized spacial score (nSPS) is 19.2. The molecule has 17 heteroatoms. The molecule has 0 spiro atoms. The summed E-state index contributed by atoms with van der Waals surface area (Å²) in [4.78, 5) is 87.2. The Morgan fingerprint density at radius 1 is 0.573 bits per heavy atom. The number of carbonyl (C=O) groups excluding carboxylic acids is 6. The zero-order chi connectivity index (χ0) is 53.3. The summed E-state index contributed by atoms with van der Waals surface area (Å²) in [5, 5.41) is 16.2. The summed E-state index contributed by atoms with van der Waals surface area (Å²) in [7, 11) is 3.34. The first-order chi connectivity index (χ1) is 36.2. The maximum Gasteiger partial charge on any atom is 0.260 e. The third kappa shape index (κ3) is 11.8. The van der Waals surface area contributed by atoms with Crippen LogP contribution in [0.25, 0.3) is 22.3 Å². The molecule has 7 N–H and O–H groups in total. The Kier molecular flexibility index (Phi) is 18.2. The van der Waals surface area contributed by atoms with Crippen molar-refractivity contribution < 1.29 is 38.2 Å². The van der Waals surface area contributed by atoms with Crippen molar-refractivity contribution in [1.82, 2.24) is 41.4 Å². The van der Waals surface area contributed by atoms with Gasteiger partial charge in [-0.15, -0.1) is 0 Å². The summed E-state index contributed by atoms with van der Waals surface area (Å²) in [6.45, 7) is 8.30. The molecule has 4 aliphatic rings. The van der Waals surface area contributed by atoms with Crippen LogP contribution >= 0.6 is 0 Å². The molecule has 2 saturated heterocycles. The fraction of sp³-hybridized carbons (Fsp3) is 0.483. The Morgan fingerprint density at radius 2 is 0.960 bits per heavy atom. The average Bonchev–Trinajstić information content (AvgIpc) is 4.27. The lowest BCUT2D eigenvalue weighted by molar-refractivity contribution is -0.149. The molecule has 4 aromatic rings. The van der Waals surface area contributed by atoms with Crippen LogP contribution in [0.3, 0.4) is 0 Å². The number of ether oxygens (including phenoxy) is 2. The van der Waals surface area contributed by atoms with Crippen molar-refractivity contribution in [3.05, 3.63) is 119 Å². The highest BCUT2D eigenvalue weighted by Gasteiger charge is 2.45. The smallest absolute Gasteiger partial charge is 0.260 e. The zero-order valence-corrected chi connectivity index (χ0v) is 44.2. The number of rotatable bonds is 23. The molecule has 8 rings (SSSR count). The van der Waals surface area contributed by atoms with E-state index in [1.807, 2.05) is 84.9 Å². The van der Waals surface area contributed by atoms with Gasteiger partial charge in [-0.2, -0.15) is 0 Å². The Morgan fingerprint density at radius 3 is 1.40 bits per heavy atom. The summed E-state index contributed by atoms with van der Waals surface area (Å²) in [5.41, 5.74) is 8.07. The molecule has 0 bridgehead atoms. The minimum Gasteiger partial charge on any atom is -0.376 e. The van der Waals surface area contributed by atoms with Crippen molar-refractivity contribution in [3.8, 4) is 22.3 Å². The highest BCUT2D eigenvalue weighted by Crippen LogP contribution is 2.46. The quantitative estimate of drug-likeness (QED) is 0.0255. The SMILES string of the molecule is CN[C@@H](C)C(=O)N[C@H](C(=O)N1CCC[C@H]1C(=O)NC1c2ccccc2-c2ccccc21)[C@@H](C)OCCCCCCO[C@H](C)[C@H](NC(=O)[C@H](C)NC)C(=O)N1CCC[C@H]1C(=O)N(N)C1c2ccccc2-c2ccccc21. The largest absolute Gasteiger partial charge is 0.376 e. The number of likely N-dealkylation sites (N-methyl/N-ethyl adjacent to an activating group) is 2. The van der Waals surface area contributed by atoms with Gasteiger partial charge in [0.15, 0.2) is 0 Å². The van der Waals surface area contributed by atoms with Crippen molar-refractivity contribution in [2.45, 2.75) is 140 Å². The predicted molar refractivity (Wildman–Crippen MR) is 286 cm³/mol. The van der Waals surface area contributed by atoms with Crippen LogP contribution in [0.2, 0.25) is 0 Å². The first-order valence-electron chi connectivity index (χ1n) is 26.8. The van der Waals surface area contributed by atoms with E-state index >= 15 is 0 Å². The molecular formula is C58H75N9O8. The minimum absolute atomic E-state index is 0.239. The standard InChI is InChI=1S/C58H75N9O8/c1-35(60-5)53(68)62-49(57(72)65-31-19-29-47(65)55(70)64-51-43-25-13-9-21-39(43)40-22-10-14-26-44(40)51)37(3)74-33-17-7-8-18-34-75-38(4)50(63-54(69)36(2)61-6)58(73)66-32-20-30-48(66)56(71)67(59)52-45-27-15-11-23-41(45)42-24-12-16-28-46(42)52/h9-16,21-28,35-38,47-52,60-61H,7-8,17-20,29-34,59H2,1-6H3,(H,62,68)(H,63,69)(H,64,70)/t35-,36-,37+,38+,47-,48-,49-,50-/m0/s1. The van der Waals surface area contributed by atoms with Crippen molar-refractivity contribution >= 4 is 35.4 Å². The van der Waals surface area contributed by atoms with E-state index in [-0.39, 0.29) is 35.6 Å². The van der Waals surface area contributed by atoms with Gasteiger partial charge in [0.2, 0.25) is 29.5 Å². The molecule has 17 nitrogen and oxygen atoms in total. The van der Waals surface area contributed by atoms with Gasteiger partial charge in [0, 0.05) is 26.3 Å². The Labute approximate surface area is 441 Å². The van der Waals surface area contributed by atoms with Gasteiger partial charge in [-0.25, -0.2) is 5.84 Å². The van der Waals surface area contributed by atoms with E-state index < -0.39 is 60.4 Å². The zero-order valence-electron chi connectivity index (χ0n) is 44.2. The molecule has 0 aromatic heterocycles. The highest BCUT2D eigenvalue weighted by molar-refractivity contribution is 5.96. The van der Waals surface area contributed by atoms with Crippen LogP contribution in [0.1, 0.15) is 113 Å². The second kappa shape index (κ2) is 24.9. The molecule has 2 aliphatic heterocycles. The van der Waals surface area contributed by atoms with Gasteiger partial charge in [0.25, 0.3) is 5.91 Å². The lowest BCUT2D eigenvalue weighted by atomic mass is 10.0. The molecule has 2 fully saturated rings. The number of likely N-dealkylation sites (tertiary alicyclic amines) is 2. The van der Waals surface area contributed by atoms with Crippen LogP contribution in [-0.4, -0.2) is 139 Å². The Hall–Kier alpha value is -6.50. The maximum atomic E-state index is 14.5. The number of nitrogens with one attached hydrogen (secondary N) is 5. The fourth-order valence-corrected chi connectivity index (χ4v) is 11.1. The maximum absolute atomic E-state index is 14.5. The number of benzene rings is 4. The number of amides is 6. The Balaban J connectivity index is 0.832. The van der Waals surface area contributed by atoms with Gasteiger partial charge in [-0.05, 0) is 125 Å². The van der Waals surface area contributed by atoms with Crippen LogP contribution in [0.5, 0.6) is 0 Å². The number of hydrogen-bond acceptors (Lipinski definition) is 11. The van der Waals surface area contributed by atoms with E-state index in [4.69, 9.17) is 15.3 Å². The fourth-order valence-electron chi connectivity index (χ4n) is 11.1. The number of hydrogen-bond donors (Lipinski definition) is 6. The van der Waals surface area contributed by atoms with Crippen LogP contribution in [0, 0.1) is 0 Å². The predicted octanol–water partition coefficient (Wildman–Crippen LogP) is 4.88. The first-order valence-corrected chi connectivity index (χ1v) is 26.8. The second-order valence-corrected chi connectivity index (χ2v) is 20.4. The molecule has 2 aliphatic carbocycles. The molecule has 6 amide bonds. The third-order valence-electron chi connectivity index (χ3n) is 15.6. The summed E-state index contributed by atoms with van der Waals surface area (Å²) in [6.07, 6.45) is 3.64. The van der Waals surface area contributed by atoms with E-state index in [0.29, 0.717) is 64.8 Å². The van der Waals surface area contributed by atoms with E-state index in [1.165, 1.54) is 5.01 Å². The van der Waals surface area contributed by atoms with Crippen LogP contribution in [-0.2, 0) is 38.2 Å². The lowest BCUT2D eigenvalue weighted by Crippen LogP contribution is -2.60. The molecule has 75 heavy (non-hydrogen) atoms. The molecule has 2 heterocycles. The average molecular weight is 1030 g/mol. The number of fused-ring (bicyclic) bond motifs is 6. The van der Waals surface area contributed by atoms with Crippen molar-refractivity contribution in [1.29, 1.82) is 0 Å². The van der Waals surface area contributed by atoms with Crippen LogP contribution in [0.15, 0.2) is 97.1 Å². The van der Waals surface area contributed by atoms with Gasteiger partial charge in [-0.3, -0.25) is 33.8 Å². The molecule has 4 aromatic carbocycles. The van der Waals surface area contributed by atoms with Gasteiger partial charge in [0.05, 0.1) is 36.4 Å². The lowest BCUT2D eigenvalue weighted by Gasteiger charge is -2.35. The van der Waals surface area contributed by atoms with E-state index in [1.54, 1.807) is 51.6 Å². The third-order valence-corrected chi connectivity index (χ3v) is 15.6. The van der Waals surface area contributed by atoms with Crippen molar-refractivity contribution in [2.75, 3.05) is 40.4 Å². The van der Waals surface area contributed by atoms with Gasteiger partial charge >= 0.3 is 0 Å². The summed E-state index contributed by atoms with van der Waals surface area (Å²) < 4.78 is 12.5. The molecular weight excluding hydrogens is 951 g/mol. The van der Waals surface area contributed by atoms with Crippen LogP contribution in [0.4, 0.5) is 0 Å². The molecule has 0 unspecified atom stereocenters. The van der Waals surface area contributed by atoms with E-state index in [0.717, 1.165) is 57.3 Å². The topological polar surface area (TPSA) is 217 Å². The van der Waals surface area contributed by atoms with Crippen molar-refractivity contribution in [2.24, 2.45) is 5.84 Å². The van der Waals surface area contributed by atoms with Crippen LogP contribution < -0.4 is 32.4 Å². The summed E-state index contributed by atoms with van der Waals surface area (Å²) in [6, 6.07) is 26.3.